The molecule has 0 bridgehead atoms. The van der Waals surface area contributed by atoms with Crippen LogP contribution in [0.3, 0.4) is 0 Å². The van der Waals surface area contributed by atoms with Crippen LogP contribution in [-0.2, 0) is 22.2 Å². The molecular weight excluding hydrogens is 517 g/mol. The lowest BCUT2D eigenvalue weighted by Crippen LogP contribution is -2.30. The van der Waals surface area contributed by atoms with Crippen molar-refractivity contribution in [3.63, 3.8) is 0 Å². The van der Waals surface area contributed by atoms with Crippen molar-refractivity contribution in [3.05, 3.63) is 82.7 Å². The summed E-state index contributed by atoms with van der Waals surface area (Å²) in [5, 5.41) is 0. The van der Waals surface area contributed by atoms with E-state index in [1.807, 2.05) is 0 Å². The van der Waals surface area contributed by atoms with Crippen molar-refractivity contribution in [3.8, 4) is 11.1 Å². The Kier molecular flexibility index (Phi) is 6.14. The number of benzene rings is 1. The highest BCUT2D eigenvalue weighted by molar-refractivity contribution is 7.88. The quantitative estimate of drug-likeness (QED) is 0.413. The van der Waals surface area contributed by atoms with Crippen LogP contribution >= 0.6 is 0 Å². The summed E-state index contributed by atoms with van der Waals surface area (Å²) in [4.78, 5) is 26.7. The molecule has 11 heteroatoms. The van der Waals surface area contributed by atoms with E-state index in [4.69, 9.17) is 0 Å². The highest BCUT2D eigenvalue weighted by Crippen LogP contribution is 2.38. The lowest BCUT2D eigenvalue weighted by atomic mass is 9.96. The summed E-state index contributed by atoms with van der Waals surface area (Å²) in [6.07, 6.45) is 7.83. The van der Waals surface area contributed by atoms with Crippen LogP contribution in [0.4, 0.5) is 13.2 Å². The molecule has 0 amide bonds. The molecule has 0 N–H and O–H groups in total. The first kappa shape index (κ1) is 24.9. The molecule has 1 saturated carbocycles. The number of nitrogens with zero attached hydrogens (tertiary/aromatic N) is 4. The molecular formula is C27H23F3N4O3S. The minimum atomic E-state index is -4.05. The van der Waals surface area contributed by atoms with Crippen LogP contribution in [0.1, 0.15) is 58.2 Å². The molecule has 6 rings (SSSR count). The summed E-state index contributed by atoms with van der Waals surface area (Å²) in [7, 11) is -4.05. The lowest BCUT2D eigenvalue weighted by molar-refractivity contribution is 0.104. The molecule has 0 radical (unpaired) electrons. The van der Waals surface area contributed by atoms with Gasteiger partial charge in [-0.3, -0.25) is 9.78 Å². The molecule has 0 spiro atoms. The van der Waals surface area contributed by atoms with E-state index in [9.17, 15) is 22.0 Å². The number of rotatable bonds is 7. The predicted octanol–water partition coefficient (Wildman–Crippen LogP) is 4.39. The smallest absolute Gasteiger partial charge is 0.218 e. The van der Waals surface area contributed by atoms with Crippen LogP contribution < -0.4 is 0 Å². The summed E-state index contributed by atoms with van der Waals surface area (Å²) in [5.74, 6) is -2.84. The molecule has 3 heterocycles. The first-order chi connectivity index (χ1) is 18.2. The summed E-state index contributed by atoms with van der Waals surface area (Å²) in [6, 6.07) is 3.61. The van der Waals surface area contributed by atoms with Crippen LogP contribution in [0, 0.1) is 11.6 Å². The highest BCUT2D eigenvalue weighted by atomic mass is 32.2. The van der Waals surface area contributed by atoms with E-state index in [0.717, 1.165) is 35.1 Å². The van der Waals surface area contributed by atoms with Crippen LogP contribution in [0.2, 0.25) is 0 Å². The Morgan fingerprint density at radius 2 is 1.76 bits per heavy atom. The standard InChI is InChI=1S/C27H23F3N4O3S/c28-19-7-8-34(13-19)38(36,37)14-16-3-5-22(29)24(25(16)30)26(35)20-4-6-23-21(20)9-17(10-31-23)18-11-32-27(33-12-18)15-1-2-15/h3-5,9-12,15,19H,1-2,6-8,13-14H2/t19-/m0/s1. The van der Waals surface area contributed by atoms with Gasteiger partial charge < -0.3 is 0 Å². The second-order valence-corrected chi connectivity index (χ2v) is 11.8. The molecule has 0 unspecified atom stereocenters. The fourth-order valence-corrected chi connectivity index (χ4v) is 6.46. The van der Waals surface area contributed by atoms with Crippen LogP contribution in [0.25, 0.3) is 16.7 Å². The Morgan fingerprint density at radius 1 is 1.03 bits per heavy atom. The number of allylic oxidation sites excluding steroid dienone is 2. The average molecular weight is 541 g/mol. The van der Waals surface area contributed by atoms with Crippen LogP contribution in [0.15, 0.2) is 42.9 Å². The Morgan fingerprint density at radius 3 is 2.45 bits per heavy atom. The molecule has 1 saturated heterocycles. The monoisotopic (exact) mass is 540 g/mol. The third-order valence-corrected chi connectivity index (χ3v) is 8.97. The van der Waals surface area contributed by atoms with E-state index in [1.165, 1.54) is 0 Å². The second kappa shape index (κ2) is 9.39. The van der Waals surface area contributed by atoms with Gasteiger partial charge in [0, 0.05) is 71.8 Å². The molecule has 2 aliphatic carbocycles. The van der Waals surface area contributed by atoms with Gasteiger partial charge in [0.1, 0.15) is 23.6 Å². The molecule has 3 aliphatic rings. The number of fused-ring (bicyclic) bond motifs is 1. The van der Waals surface area contributed by atoms with Crippen molar-refractivity contribution in [2.24, 2.45) is 0 Å². The summed E-state index contributed by atoms with van der Waals surface area (Å²) in [6.45, 7) is -0.310. The first-order valence-electron chi connectivity index (χ1n) is 12.4. The van der Waals surface area contributed by atoms with Gasteiger partial charge in [-0.05, 0) is 31.4 Å². The normalized spacial score (nSPS) is 19.4. The number of Topliss-reactive ketones (excluding diaryl/α,β-unsaturated/α-hetero) is 1. The molecule has 196 valence electrons. The van der Waals surface area contributed by atoms with Gasteiger partial charge in [0.2, 0.25) is 10.0 Å². The van der Waals surface area contributed by atoms with Crippen molar-refractivity contribution in [1.82, 2.24) is 19.3 Å². The number of aromatic nitrogens is 3. The van der Waals surface area contributed by atoms with E-state index in [-0.39, 0.29) is 30.6 Å². The summed E-state index contributed by atoms with van der Waals surface area (Å²) < 4.78 is 70.2. The van der Waals surface area contributed by atoms with E-state index in [2.05, 4.69) is 15.0 Å². The lowest BCUT2D eigenvalue weighted by Gasteiger charge is -2.16. The number of carbonyl (C=O) groups is 1. The predicted molar refractivity (Wildman–Crippen MR) is 133 cm³/mol. The Labute approximate surface area is 217 Å². The minimum Gasteiger partial charge on any atom is -0.288 e. The highest BCUT2D eigenvalue weighted by Gasteiger charge is 2.34. The van der Waals surface area contributed by atoms with Crippen molar-refractivity contribution in [1.29, 1.82) is 0 Å². The zero-order valence-electron chi connectivity index (χ0n) is 20.2. The molecule has 3 aromatic rings. The van der Waals surface area contributed by atoms with Gasteiger partial charge in [-0.2, -0.15) is 4.31 Å². The summed E-state index contributed by atoms with van der Waals surface area (Å²) >= 11 is 0. The number of pyridine rings is 1. The fraction of sp³-hybridized carbons (Fsp3) is 0.333. The summed E-state index contributed by atoms with van der Waals surface area (Å²) in [5.41, 5.74) is 1.29. The zero-order chi connectivity index (χ0) is 26.6. The molecule has 1 atom stereocenters. The van der Waals surface area contributed by atoms with Gasteiger partial charge in [0.25, 0.3) is 0 Å². The van der Waals surface area contributed by atoms with Crippen molar-refractivity contribution in [2.75, 3.05) is 13.1 Å². The number of hydrogen-bond donors (Lipinski definition) is 0. The number of carbonyl (C=O) groups excluding carboxylic acids is 1. The van der Waals surface area contributed by atoms with Crippen LogP contribution in [-0.4, -0.2) is 52.7 Å². The zero-order valence-corrected chi connectivity index (χ0v) is 21.0. The molecule has 1 aliphatic heterocycles. The van der Waals surface area contributed by atoms with Gasteiger partial charge in [0.15, 0.2) is 5.78 Å². The van der Waals surface area contributed by atoms with Crippen LogP contribution in [0.5, 0.6) is 0 Å². The third-order valence-electron chi connectivity index (χ3n) is 7.18. The van der Waals surface area contributed by atoms with Gasteiger partial charge in [-0.1, -0.05) is 12.1 Å². The van der Waals surface area contributed by atoms with E-state index >= 15 is 4.39 Å². The van der Waals surface area contributed by atoms with Gasteiger partial charge in [0.05, 0.1) is 17.0 Å². The first-order valence-corrected chi connectivity index (χ1v) is 14.0. The Bertz CT molecular complexity index is 1590. The maximum Gasteiger partial charge on any atom is 0.218 e. The van der Waals surface area contributed by atoms with E-state index in [1.54, 1.807) is 30.7 Å². The topological polar surface area (TPSA) is 93.1 Å². The third kappa shape index (κ3) is 4.54. The van der Waals surface area contributed by atoms with E-state index in [0.29, 0.717) is 34.7 Å². The minimum absolute atomic E-state index is 0.00848. The fourth-order valence-electron chi connectivity index (χ4n) is 4.89. The maximum atomic E-state index is 15.5. The van der Waals surface area contributed by atoms with Gasteiger partial charge in [-0.15, -0.1) is 0 Å². The molecule has 7 nitrogen and oxygen atoms in total. The Hall–Kier alpha value is -3.44. The van der Waals surface area contributed by atoms with Gasteiger partial charge in [-0.25, -0.2) is 31.6 Å². The number of alkyl halides is 1. The largest absolute Gasteiger partial charge is 0.288 e. The number of sulfonamides is 1. The molecule has 38 heavy (non-hydrogen) atoms. The second-order valence-electron chi connectivity index (χ2n) is 9.87. The number of halogens is 3. The van der Waals surface area contributed by atoms with Crippen molar-refractivity contribution in [2.45, 2.75) is 43.5 Å². The average Bonchev–Trinajstić information content (AvgIpc) is 3.51. The van der Waals surface area contributed by atoms with Crippen molar-refractivity contribution < 1.29 is 26.4 Å². The SMILES string of the molecule is O=C(C1=CCc2ncc(-c3cnc(C4CC4)nc3)cc21)c1c(F)ccc(CS(=O)(=O)N2CC[C@H](F)C2)c1F. The molecule has 2 fully saturated rings. The number of ketones is 1. The van der Waals surface area contributed by atoms with Crippen molar-refractivity contribution >= 4 is 21.4 Å². The molecule has 1 aromatic carbocycles. The number of hydrogen-bond acceptors (Lipinski definition) is 6. The van der Waals surface area contributed by atoms with E-state index < -0.39 is 44.9 Å². The molecule has 2 aromatic heterocycles. The maximum absolute atomic E-state index is 15.5. The van der Waals surface area contributed by atoms with Gasteiger partial charge >= 0.3 is 0 Å². The Balaban J connectivity index is 1.29.